The molecule has 24 heavy (non-hydrogen) atoms. The summed E-state index contributed by atoms with van der Waals surface area (Å²) in [6.07, 6.45) is 3.05. The Morgan fingerprint density at radius 2 is 1.96 bits per heavy atom. The predicted octanol–water partition coefficient (Wildman–Crippen LogP) is 1.69. The number of nitrogens with one attached hydrogen (secondary N) is 1. The van der Waals surface area contributed by atoms with Gasteiger partial charge < -0.3 is 15.0 Å². The van der Waals surface area contributed by atoms with E-state index in [1.54, 1.807) is 0 Å². The summed E-state index contributed by atoms with van der Waals surface area (Å²) >= 11 is 0. The second-order valence-corrected chi connectivity index (χ2v) is 7.26. The van der Waals surface area contributed by atoms with Crippen LogP contribution in [0.2, 0.25) is 0 Å². The summed E-state index contributed by atoms with van der Waals surface area (Å²) < 4.78 is 5.35. The number of nitrogens with zero attached hydrogens (tertiary/aromatic N) is 1. The van der Waals surface area contributed by atoms with Crippen molar-refractivity contribution in [1.29, 1.82) is 0 Å². The quantitative estimate of drug-likeness (QED) is 0.899. The Balaban J connectivity index is 1.48. The van der Waals surface area contributed by atoms with Gasteiger partial charge in [-0.2, -0.15) is 0 Å². The third-order valence-electron chi connectivity index (χ3n) is 5.89. The van der Waals surface area contributed by atoms with Gasteiger partial charge in [-0.15, -0.1) is 0 Å². The fourth-order valence-corrected chi connectivity index (χ4v) is 4.51. The number of hydrogen-bond donors (Lipinski definition) is 1. The summed E-state index contributed by atoms with van der Waals surface area (Å²) in [5.74, 6) is 0.594. The van der Waals surface area contributed by atoms with E-state index in [1.165, 1.54) is 5.56 Å². The van der Waals surface area contributed by atoms with Crippen molar-refractivity contribution in [1.82, 2.24) is 10.2 Å². The second kappa shape index (κ2) is 6.20. The van der Waals surface area contributed by atoms with Crippen molar-refractivity contribution < 1.29 is 14.3 Å². The zero-order valence-electron chi connectivity index (χ0n) is 13.9. The van der Waals surface area contributed by atoms with Gasteiger partial charge in [0.15, 0.2) is 0 Å². The van der Waals surface area contributed by atoms with Gasteiger partial charge in [0.1, 0.15) is 0 Å². The highest BCUT2D eigenvalue weighted by molar-refractivity contribution is 5.82. The molecule has 1 aromatic rings. The van der Waals surface area contributed by atoms with E-state index < -0.39 is 0 Å². The molecule has 0 unspecified atom stereocenters. The predicted molar refractivity (Wildman–Crippen MR) is 89.4 cm³/mol. The van der Waals surface area contributed by atoms with Crippen LogP contribution in [0.15, 0.2) is 30.3 Å². The fourth-order valence-electron chi connectivity index (χ4n) is 4.51. The van der Waals surface area contributed by atoms with Crippen LogP contribution in [0.1, 0.15) is 37.2 Å². The second-order valence-electron chi connectivity index (χ2n) is 7.26. The van der Waals surface area contributed by atoms with E-state index in [9.17, 15) is 9.59 Å². The molecule has 0 aromatic heterocycles. The zero-order chi connectivity index (χ0) is 16.6. The van der Waals surface area contributed by atoms with E-state index >= 15 is 0 Å². The first-order valence-corrected chi connectivity index (χ1v) is 8.90. The minimum absolute atomic E-state index is 0.0298. The molecule has 3 aliphatic heterocycles. The Labute approximate surface area is 142 Å². The van der Waals surface area contributed by atoms with Crippen LogP contribution in [-0.2, 0) is 14.3 Å². The standard InChI is InChI=1S/C19H24N2O3/c22-17-12-16(14-4-2-1-3-5-14)19(20-17)7-9-21(10-8-19)18(23)15-6-11-24-13-15/h1-5,15-16H,6-13H2,(H,20,22)/t15-,16-/m0/s1. The number of carbonyl (C=O) groups excluding carboxylic acids is 2. The first kappa shape index (κ1) is 15.6. The molecular formula is C19H24N2O3. The number of likely N-dealkylation sites (tertiary alicyclic amines) is 1. The minimum atomic E-state index is -0.193. The maximum absolute atomic E-state index is 12.6. The van der Waals surface area contributed by atoms with Gasteiger partial charge in [-0.25, -0.2) is 0 Å². The van der Waals surface area contributed by atoms with Crippen LogP contribution in [0.3, 0.4) is 0 Å². The van der Waals surface area contributed by atoms with Crippen molar-refractivity contribution >= 4 is 11.8 Å². The number of hydrogen-bond acceptors (Lipinski definition) is 3. The molecular weight excluding hydrogens is 304 g/mol. The maximum Gasteiger partial charge on any atom is 0.228 e. The van der Waals surface area contributed by atoms with Crippen LogP contribution in [0.5, 0.6) is 0 Å². The molecule has 128 valence electrons. The number of ether oxygens (including phenoxy) is 1. The van der Waals surface area contributed by atoms with Gasteiger partial charge in [0.2, 0.25) is 11.8 Å². The van der Waals surface area contributed by atoms with Gasteiger partial charge in [-0.05, 0) is 24.8 Å². The summed E-state index contributed by atoms with van der Waals surface area (Å²) in [5, 5.41) is 3.25. The van der Waals surface area contributed by atoms with Crippen molar-refractivity contribution in [3.8, 4) is 0 Å². The van der Waals surface area contributed by atoms with Gasteiger partial charge in [-0.3, -0.25) is 9.59 Å². The van der Waals surface area contributed by atoms with Crippen LogP contribution in [-0.4, -0.2) is 48.6 Å². The third-order valence-corrected chi connectivity index (χ3v) is 5.89. The Bertz CT molecular complexity index is 617. The lowest BCUT2D eigenvalue weighted by atomic mass is 9.74. The molecule has 2 atom stereocenters. The molecule has 1 N–H and O–H groups in total. The lowest BCUT2D eigenvalue weighted by Gasteiger charge is -2.43. The molecule has 2 amide bonds. The van der Waals surface area contributed by atoms with Gasteiger partial charge in [0, 0.05) is 32.0 Å². The van der Waals surface area contributed by atoms with Gasteiger partial charge in [-0.1, -0.05) is 30.3 Å². The highest BCUT2D eigenvalue weighted by Crippen LogP contribution is 2.43. The summed E-state index contributed by atoms with van der Waals surface area (Å²) in [5.41, 5.74) is 1.03. The molecule has 3 heterocycles. The zero-order valence-corrected chi connectivity index (χ0v) is 13.9. The average molecular weight is 328 g/mol. The van der Waals surface area contributed by atoms with E-state index in [0.29, 0.717) is 19.6 Å². The number of carbonyl (C=O) groups is 2. The van der Waals surface area contributed by atoms with Crippen LogP contribution in [0, 0.1) is 5.92 Å². The molecule has 3 saturated heterocycles. The van der Waals surface area contributed by atoms with E-state index in [0.717, 1.165) is 32.4 Å². The molecule has 0 saturated carbocycles. The lowest BCUT2D eigenvalue weighted by Crippen LogP contribution is -2.55. The smallest absolute Gasteiger partial charge is 0.228 e. The normalized spacial score (nSPS) is 29.0. The Morgan fingerprint density at radius 3 is 2.62 bits per heavy atom. The molecule has 0 aliphatic carbocycles. The average Bonchev–Trinajstić information content (AvgIpc) is 3.24. The van der Waals surface area contributed by atoms with Crippen molar-refractivity contribution in [3.63, 3.8) is 0 Å². The molecule has 1 spiro atoms. The molecule has 0 radical (unpaired) electrons. The van der Waals surface area contributed by atoms with Gasteiger partial charge in [0.25, 0.3) is 0 Å². The third kappa shape index (κ3) is 2.71. The Morgan fingerprint density at radius 1 is 1.21 bits per heavy atom. The van der Waals surface area contributed by atoms with E-state index in [2.05, 4.69) is 17.4 Å². The summed E-state index contributed by atoms with van der Waals surface area (Å²) in [6.45, 7) is 2.70. The molecule has 5 nitrogen and oxygen atoms in total. The molecule has 0 bridgehead atoms. The Kier molecular flexibility index (Phi) is 4.04. The van der Waals surface area contributed by atoms with Crippen LogP contribution in [0.4, 0.5) is 0 Å². The summed E-state index contributed by atoms with van der Waals surface area (Å²) in [7, 11) is 0. The Hall–Kier alpha value is -1.88. The number of benzene rings is 1. The highest BCUT2D eigenvalue weighted by Gasteiger charge is 2.49. The van der Waals surface area contributed by atoms with Crippen LogP contribution >= 0.6 is 0 Å². The van der Waals surface area contributed by atoms with E-state index in [-0.39, 0.29) is 29.2 Å². The first-order chi connectivity index (χ1) is 11.7. The molecule has 5 heteroatoms. The summed E-state index contributed by atoms with van der Waals surface area (Å²) in [6, 6.07) is 10.3. The SMILES string of the molecule is O=C1C[C@@H](c2ccccc2)C2(CCN(C(=O)[C@H]3CCOC3)CC2)N1. The number of piperidine rings is 1. The van der Waals surface area contributed by atoms with Crippen LogP contribution < -0.4 is 5.32 Å². The first-order valence-electron chi connectivity index (χ1n) is 8.90. The monoisotopic (exact) mass is 328 g/mol. The summed E-state index contributed by atoms with van der Waals surface area (Å²) in [4.78, 5) is 26.7. The van der Waals surface area contributed by atoms with E-state index in [1.807, 2.05) is 23.1 Å². The van der Waals surface area contributed by atoms with Crippen LogP contribution in [0.25, 0.3) is 0 Å². The van der Waals surface area contributed by atoms with E-state index in [4.69, 9.17) is 4.74 Å². The maximum atomic E-state index is 12.6. The highest BCUT2D eigenvalue weighted by atomic mass is 16.5. The largest absolute Gasteiger partial charge is 0.381 e. The number of amides is 2. The minimum Gasteiger partial charge on any atom is -0.381 e. The topological polar surface area (TPSA) is 58.6 Å². The van der Waals surface area contributed by atoms with Crippen molar-refractivity contribution in [2.24, 2.45) is 5.92 Å². The molecule has 1 aromatic carbocycles. The van der Waals surface area contributed by atoms with Gasteiger partial charge >= 0.3 is 0 Å². The molecule has 3 aliphatic rings. The molecule has 3 fully saturated rings. The van der Waals surface area contributed by atoms with Crippen molar-refractivity contribution in [2.45, 2.75) is 37.1 Å². The number of rotatable bonds is 2. The fraction of sp³-hybridized carbons (Fsp3) is 0.579. The van der Waals surface area contributed by atoms with Crippen molar-refractivity contribution in [2.75, 3.05) is 26.3 Å². The molecule has 4 rings (SSSR count). The lowest BCUT2D eigenvalue weighted by molar-refractivity contribution is -0.137. The van der Waals surface area contributed by atoms with Crippen molar-refractivity contribution in [3.05, 3.63) is 35.9 Å². The van der Waals surface area contributed by atoms with Gasteiger partial charge in [0.05, 0.1) is 18.1 Å².